The third kappa shape index (κ3) is 2.75. The number of fused-ring (bicyclic) bond motifs is 2. The van der Waals surface area contributed by atoms with E-state index in [0.717, 1.165) is 4.57 Å². The van der Waals surface area contributed by atoms with Crippen molar-refractivity contribution in [2.45, 2.75) is 0 Å². The minimum absolute atomic E-state index is 0.130. The summed E-state index contributed by atoms with van der Waals surface area (Å²) in [5.41, 5.74) is 0.387. The van der Waals surface area contributed by atoms with Gasteiger partial charge in [0.2, 0.25) is 6.79 Å². The molecule has 0 fully saturated rings. The molecule has 0 spiro atoms. The Balaban J connectivity index is 1.58. The highest BCUT2D eigenvalue weighted by molar-refractivity contribution is 6.11. The number of hydrogen-bond donors (Lipinski definition) is 2. The lowest BCUT2D eigenvalue weighted by Crippen LogP contribution is -2.34. The topological polar surface area (TPSA) is 107 Å². The van der Waals surface area contributed by atoms with E-state index in [9.17, 15) is 14.4 Å². The van der Waals surface area contributed by atoms with Gasteiger partial charge in [-0.1, -0.05) is 18.2 Å². The van der Waals surface area contributed by atoms with Crippen LogP contribution in [0, 0.1) is 0 Å². The number of anilines is 1. The highest BCUT2D eigenvalue weighted by Crippen LogP contribution is 2.34. The van der Waals surface area contributed by atoms with Gasteiger partial charge in [-0.25, -0.2) is 9.36 Å². The lowest BCUT2D eigenvalue weighted by molar-refractivity contribution is 0.102. The fourth-order valence-corrected chi connectivity index (χ4v) is 3.53. The summed E-state index contributed by atoms with van der Waals surface area (Å²) in [7, 11) is 1.65. The second kappa shape index (κ2) is 6.66. The van der Waals surface area contributed by atoms with Gasteiger partial charge in [0, 0.05) is 25.0 Å². The maximum absolute atomic E-state index is 13.1. The summed E-state index contributed by atoms with van der Waals surface area (Å²) in [5.74, 6) is 0.667. The lowest BCUT2D eigenvalue weighted by Gasteiger charge is -2.07. The molecule has 3 heterocycles. The van der Waals surface area contributed by atoms with E-state index in [1.54, 1.807) is 55.6 Å². The van der Waals surface area contributed by atoms with E-state index >= 15 is 0 Å². The molecule has 0 saturated carbocycles. The Labute approximate surface area is 169 Å². The van der Waals surface area contributed by atoms with E-state index < -0.39 is 17.2 Å². The molecule has 0 radical (unpaired) electrons. The molecule has 1 amide bonds. The van der Waals surface area contributed by atoms with Crippen LogP contribution in [0.5, 0.6) is 11.5 Å². The molecule has 150 valence electrons. The number of H-pyrrole nitrogens is 1. The van der Waals surface area contributed by atoms with Crippen LogP contribution in [0.1, 0.15) is 10.4 Å². The van der Waals surface area contributed by atoms with Gasteiger partial charge in [-0.3, -0.25) is 9.59 Å². The van der Waals surface area contributed by atoms with E-state index in [-0.39, 0.29) is 23.4 Å². The Morgan fingerprint density at radius 2 is 1.83 bits per heavy atom. The molecule has 0 atom stereocenters. The van der Waals surface area contributed by atoms with Crippen LogP contribution in [0.15, 0.2) is 64.3 Å². The third-order valence-electron chi connectivity index (χ3n) is 4.91. The normalized spacial score (nSPS) is 12.3. The van der Waals surface area contributed by atoms with Crippen LogP contribution >= 0.6 is 0 Å². The Morgan fingerprint density at radius 3 is 2.63 bits per heavy atom. The quantitative estimate of drug-likeness (QED) is 0.543. The number of benzene rings is 2. The maximum atomic E-state index is 13.1. The van der Waals surface area contributed by atoms with Crippen LogP contribution in [0.4, 0.5) is 5.69 Å². The Morgan fingerprint density at radius 1 is 1.07 bits per heavy atom. The summed E-state index contributed by atoms with van der Waals surface area (Å²) in [4.78, 5) is 41.3. The number of nitrogens with zero attached hydrogens (tertiary/aromatic N) is 2. The first-order valence-corrected chi connectivity index (χ1v) is 9.14. The van der Waals surface area contributed by atoms with Gasteiger partial charge in [0.05, 0.1) is 16.8 Å². The number of aromatic nitrogens is 3. The van der Waals surface area contributed by atoms with Crippen LogP contribution in [-0.4, -0.2) is 26.8 Å². The average molecular weight is 404 g/mol. The summed E-state index contributed by atoms with van der Waals surface area (Å²) in [6.45, 7) is 0.130. The van der Waals surface area contributed by atoms with Crippen molar-refractivity contribution in [3.63, 3.8) is 0 Å². The van der Waals surface area contributed by atoms with Crippen LogP contribution < -0.4 is 26.0 Å². The van der Waals surface area contributed by atoms with Crippen molar-refractivity contribution in [2.24, 2.45) is 7.05 Å². The zero-order chi connectivity index (χ0) is 20.8. The fourth-order valence-electron chi connectivity index (χ4n) is 3.53. The van der Waals surface area contributed by atoms with Crippen molar-refractivity contribution in [3.8, 4) is 17.2 Å². The molecular formula is C21H16N4O5. The largest absolute Gasteiger partial charge is 0.454 e. The number of carbonyl (C=O) groups is 1. The van der Waals surface area contributed by atoms with Crippen molar-refractivity contribution in [1.82, 2.24) is 14.1 Å². The molecular weight excluding hydrogens is 388 g/mol. The fraction of sp³-hybridized carbons (Fsp3) is 0.0952. The molecule has 0 bridgehead atoms. The Hall–Kier alpha value is -4.27. The molecule has 9 nitrogen and oxygen atoms in total. The molecule has 4 aromatic rings. The number of aryl methyl sites for hydroxylation is 1. The van der Waals surface area contributed by atoms with Crippen LogP contribution in [0.3, 0.4) is 0 Å². The number of ether oxygens (including phenoxy) is 2. The number of hydrogen-bond acceptors (Lipinski definition) is 5. The molecule has 0 unspecified atom stereocenters. The summed E-state index contributed by atoms with van der Waals surface area (Å²) < 4.78 is 13.2. The molecule has 2 N–H and O–H groups in total. The zero-order valence-electron chi connectivity index (χ0n) is 15.8. The first kappa shape index (κ1) is 17.8. The summed E-state index contributed by atoms with van der Waals surface area (Å²) >= 11 is 0. The van der Waals surface area contributed by atoms with Gasteiger partial charge in [-0.15, -0.1) is 0 Å². The standard InChI is InChI=1S/C21H16N4O5/c1-24-10-14(19(26)22-12-7-8-15-16(9-12)30-11-29-15)17-18(24)20(27)25(21(28)23-17)13-5-3-2-4-6-13/h2-10H,11H2,1H3,(H,22,26)(H,23,28). The predicted octanol–water partition coefficient (Wildman–Crippen LogP) is 2.00. The zero-order valence-corrected chi connectivity index (χ0v) is 15.8. The third-order valence-corrected chi connectivity index (χ3v) is 4.91. The molecule has 1 aliphatic heterocycles. The van der Waals surface area contributed by atoms with Gasteiger partial charge < -0.3 is 24.3 Å². The number of amides is 1. The number of carbonyl (C=O) groups excluding carboxylic acids is 1. The second-order valence-electron chi connectivity index (χ2n) is 6.81. The summed E-state index contributed by atoms with van der Waals surface area (Å²) in [6, 6.07) is 13.6. The average Bonchev–Trinajstić information content (AvgIpc) is 3.32. The van der Waals surface area contributed by atoms with E-state index in [1.165, 1.54) is 10.8 Å². The Bertz CT molecular complexity index is 1420. The first-order valence-electron chi connectivity index (χ1n) is 9.14. The van der Waals surface area contributed by atoms with Crippen molar-refractivity contribution in [2.75, 3.05) is 12.1 Å². The molecule has 0 saturated heterocycles. The van der Waals surface area contributed by atoms with E-state index in [4.69, 9.17) is 9.47 Å². The highest BCUT2D eigenvalue weighted by Gasteiger charge is 2.21. The monoisotopic (exact) mass is 404 g/mol. The van der Waals surface area contributed by atoms with E-state index in [2.05, 4.69) is 10.3 Å². The summed E-state index contributed by atoms with van der Waals surface area (Å²) in [5, 5.41) is 2.76. The molecule has 5 rings (SSSR count). The maximum Gasteiger partial charge on any atom is 0.333 e. The molecule has 2 aromatic heterocycles. The molecule has 30 heavy (non-hydrogen) atoms. The molecule has 0 aliphatic carbocycles. The minimum Gasteiger partial charge on any atom is -0.454 e. The van der Waals surface area contributed by atoms with Gasteiger partial charge >= 0.3 is 5.69 Å². The summed E-state index contributed by atoms with van der Waals surface area (Å²) in [6.07, 6.45) is 1.51. The number of nitrogens with one attached hydrogen (secondary N) is 2. The number of para-hydroxylation sites is 1. The van der Waals surface area contributed by atoms with Gasteiger partial charge in [0.15, 0.2) is 11.5 Å². The van der Waals surface area contributed by atoms with Gasteiger partial charge in [0.1, 0.15) is 5.52 Å². The Kier molecular flexibility index (Phi) is 3.95. The van der Waals surface area contributed by atoms with E-state index in [0.29, 0.717) is 22.9 Å². The number of aromatic amines is 1. The SMILES string of the molecule is Cn1cc(C(=O)Nc2ccc3c(c2)OCO3)c2[nH]c(=O)n(-c3ccccc3)c(=O)c21. The first-order chi connectivity index (χ1) is 14.5. The van der Waals surface area contributed by atoms with Crippen LogP contribution in [-0.2, 0) is 7.05 Å². The molecule has 1 aliphatic rings. The van der Waals surface area contributed by atoms with Gasteiger partial charge in [-0.2, -0.15) is 0 Å². The van der Waals surface area contributed by atoms with Crippen molar-refractivity contribution < 1.29 is 14.3 Å². The van der Waals surface area contributed by atoms with Gasteiger partial charge in [0.25, 0.3) is 11.5 Å². The lowest BCUT2D eigenvalue weighted by atomic mass is 10.2. The van der Waals surface area contributed by atoms with Crippen molar-refractivity contribution in [3.05, 3.63) is 81.1 Å². The number of rotatable bonds is 3. The van der Waals surface area contributed by atoms with Crippen LogP contribution in [0.25, 0.3) is 16.7 Å². The molecule has 9 heteroatoms. The minimum atomic E-state index is -0.623. The second-order valence-corrected chi connectivity index (χ2v) is 6.81. The van der Waals surface area contributed by atoms with Crippen molar-refractivity contribution >= 4 is 22.6 Å². The molecule has 2 aromatic carbocycles. The van der Waals surface area contributed by atoms with E-state index in [1.807, 2.05) is 0 Å². The van der Waals surface area contributed by atoms with Crippen LogP contribution in [0.2, 0.25) is 0 Å². The predicted molar refractivity (Wildman–Crippen MR) is 110 cm³/mol. The smallest absolute Gasteiger partial charge is 0.333 e. The highest BCUT2D eigenvalue weighted by atomic mass is 16.7. The van der Waals surface area contributed by atoms with Gasteiger partial charge in [-0.05, 0) is 24.3 Å². The van der Waals surface area contributed by atoms with Crippen molar-refractivity contribution in [1.29, 1.82) is 0 Å².